The van der Waals surface area contributed by atoms with E-state index in [0.717, 1.165) is 17.1 Å². The van der Waals surface area contributed by atoms with Crippen LogP contribution in [0, 0.1) is 6.92 Å². The molecule has 0 atom stereocenters. The Bertz CT molecular complexity index is 576. The third kappa shape index (κ3) is 3.78. The minimum absolute atomic E-state index is 0.914. The molecule has 1 aromatic carbocycles. The quantitative estimate of drug-likeness (QED) is 0.597. The molecule has 0 bridgehead atoms. The fourth-order valence-corrected chi connectivity index (χ4v) is 3.16. The first kappa shape index (κ1) is 14.0. The number of aliphatic imine (C=N–C) groups is 1. The van der Waals surface area contributed by atoms with E-state index in [9.17, 15) is 0 Å². The molecule has 1 heterocycles. The Labute approximate surface area is 120 Å². The van der Waals surface area contributed by atoms with Crippen LogP contribution in [0.1, 0.15) is 17.4 Å². The van der Waals surface area contributed by atoms with Gasteiger partial charge in [0.1, 0.15) is 11.4 Å². The summed E-state index contributed by atoms with van der Waals surface area (Å²) in [5.74, 6) is 0.914. The summed E-state index contributed by atoms with van der Waals surface area (Å²) < 4.78 is 5.98. The molecule has 0 N–H and O–H groups in total. The zero-order valence-corrected chi connectivity index (χ0v) is 13.8. The number of rotatable bonds is 4. The standard InChI is InChI=1S/C15H19NOSSi/c1-11-7-8-13(14(10-11)17-19(3)4)16-12(2)15-6-5-9-18-15/h5-10,19H,1-4H3. The predicted octanol–water partition coefficient (Wildman–Crippen LogP) is 4.56. The minimum Gasteiger partial charge on any atom is -0.546 e. The van der Waals surface area contributed by atoms with Crippen LogP contribution in [0.15, 0.2) is 40.7 Å². The SMILES string of the molecule is CC(=Nc1ccc(C)cc1O[SiH](C)C)c1cccs1. The maximum absolute atomic E-state index is 5.98. The molecule has 0 unspecified atom stereocenters. The van der Waals surface area contributed by atoms with Crippen molar-refractivity contribution in [3.05, 3.63) is 46.2 Å². The fraction of sp³-hybridized carbons (Fsp3) is 0.267. The highest BCUT2D eigenvalue weighted by atomic mass is 32.1. The van der Waals surface area contributed by atoms with Crippen molar-refractivity contribution in [1.82, 2.24) is 0 Å². The molecule has 2 aromatic rings. The van der Waals surface area contributed by atoms with Gasteiger partial charge in [0.15, 0.2) is 0 Å². The number of nitrogens with zero attached hydrogens (tertiary/aromatic N) is 1. The molecule has 0 spiro atoms. The second-order valence-corrected chi connectivity index (χ2v) is 8.09. The molecule has 1 aromatic heterocycles. The van der Waals surface area contributed by atoms with Crippen LogP contribution < -0.4 is 4.43 Å². The smallest absolute Gasteiger partial charge is 0.229 e. The van der Waals surface area contributed by atoms with Gasteiger partial charge in [-0.15, -0.1) is 11.3 Å². The van der Waals surface area contributed by atoms with Gasteiger partial charge in [-0.25, -0.2) is 4.99 Å². The summed E-state index contributed by atoms with van der Waals surface area (Å²) in [6, 6.07) is 10.3. The molecule has 0 saturated carbocycles. The van der Waals surface area contributed by atoms with Gasteiger partial charge in [0.05, 0.1) is 5.71 Å². The van der Waals surface area contributed by atoms with Crippen molar-refractivity contribution in [2.45, 2.75) is 26.9 Å². The van der Waals surface area contributed by atoms with Crippen LogP contribution in [0.2, 0.25) is 13.1 Å². The Hall–Kier alpha value is -1.39. The summed E-state index contributed by atoms with van der Waals surface area (Å²) in [6.07, 6.45) is 0. The molecule has 0 aliphatic heterocycles. The van der Waals surface area contributed by atoms with Crippen molar-refractivity contribution in [3.8, 4) is 5.75 Å². The van der Waals surface area contributed by atoms with E-state index in [-0.39, 0.29) is 0 Å². The van der Waals surface area contributed by atoms with Crippen molar-refractivity contribution < 1.29 is 4.43 Å². The van der Waals surface area contributed by atoms with Crippen molar-refractivity contribution in [2.24, 2.45) is 4.99 Å². The lowest BCUT2D eigenvalue weighted by Gasteiger charge is -2.13. The monoisotopic (exact) mass is 289 g/mol. The molecule has 2 nitrogen and oxygen atoms in total. The summed E-state index contributed by atoms with van der Waals surface area (Å²) in [6.45, 7) is 8.46. The third-order valence-corrected chi connectivity index (χ3v) is 4.35. The number of thiophene rings is 1. The molecule has 2 rings (SSSR count). The van der Waals surface area contributed by atoms with Gasteiger partial charge in [0.2, 0.25) is 9.04 Å². The van der Waals surface area contributed by atoms with E-state index in [0.29, 0.717) is 0 Å². The van der Waals surface area contributed by atoms with Gasteiger partial charge in [-0.2, -0.15) is 0 Å². The number of hydrogen-bond donors (Lipinski definition) is 0. The normalized spacial score (nSPS) is 11.9. The van der Waals surface area contributed by atoms with Gasteiger partial charge in [-0.05, 0) is 56.1 Å². The summed E-state index contributed by atoms with van der Waals surface area (Å²) in [5, 5.41) is 2.07. The molecule has 0 saturated heterocycles. The van der Waals surface area contributed by atoms with E-state index in [1.807, 2.05) is 19.1 Å². The highest BCUT2D eigenvalue weighted by Gasteiger charge is 2.07. The average molecular weight is 289 g/mol. The molecule has 100 valence electrons. The van der Waals surface area contributed by atoms with Crippen molar-refractivity contribution in [3.63, 3.8) is 0 Å². The fourth-order valence-electron chi connectivity index (χ4n) is 1.78. The van der Waals surface area contributed by atoms with Gasteiger partial charge in [-0.1, -0.05) is 12.1 Å². The molecule has 0 aliphatic carbocycles. The van der Waals surface area contributed by atoms with Crippen LogP contribution in [0.3, 0.4) is 0 Å². The Morgan fingerprint density at radius 3 is 2.68 bits per heavy atom. The lowest BCUT2D eigenvalue weighted by Crippen LogP contribution is -2.11. The number of aryl methyl sites for hydroxylation is 1. The van der Waals surface area contributed by atoms with Gasteiger partial charge in [-0.3, -0.25) is 0 Å². The van der Waals surface area contributed by atoms with Crippen LogP contribution in [-0.4, -0.2) is 14.8 Å². The zero-order chi connectivity index (χ0) is 13.8. The van der Waals surface area contributed by atoms with Crippen LogP contribution in [0.4, 0.5) is 5.69 Å². The maximum atomic E-state index is 5.98. The highest BCUT2D eigenvalue weighted by Crippen LogP contribution is 2.30. The topological polar surface area (TPSA) is 21.6 Å². The third-order valence-electron chi connectivity index (χ3n) is 2.64. The van der Waals surface area contributed by atoms with Crippen LogP contribution in [0.25, 0.3) is 0 Å². The molecule has 0 radical (unpaired) electrons. The van der Waals surface area contributed by atoms with Crippen LogP contribution in [-0.2, 0) is 0 Å². The van der Waals surface area contributed by atoms with E-state index in [2.05, 4.69) is 43.6 Å². The lowest BCUT2D eigenvalue weighted by atomic mass is 10.2. The van der Waals surface area contributed by atoms with Gasteiger partial charge < -0.3 is 4.43 Å². The van der Waals surface area contributed by atoms with E-state index >= 15 is 0 Å². The molecule has 4 heteroatoms. The molecule has 0 aliphatic rings. The molecule has 19 heavy (non-hydrogen) atoms. The van der Waals surface area contributed by atoms with Crippen molar-refractivity contribution in [2.75, 3.05) is 0 Å². The van der Waals surface area contributed by atoms with Gasteiger partial charge in [0.25, 0.3) is 0 Å². The maximum Gasteiger partial charge on any atom is 0.229 e. The Morgan fingerprint density at radius 2 is 2.05 bits per heavy atom. The first-order chi connectivity index (χ1) is 9.06. The minimum atomic E-state index is -1.12. The largest absolute Gasteiger partial charge is 0.546 e. The van der Waals surface area contributed by atoms with Gasteiger partial charge in [0, 0.05) is 4.88 Å². The second kappa shape index (κ2) is 6.17. The van der Waals surface area contributed by atoms with Crippen molar-refractivity contribution >= 4 is 31.8 Å². The van der Waals surface area contributed by atoms with E-state index in [1.54, 1.807) is 11.3 Å². The van der Waals surface area contributed by atoms with Crippen LogP contribution >= 0.6 is 11.3 Å². The first-order valence-electron chi connectivity index (χ1n) is 6.42. The lowest BCUT2D eigenvalue weighted by molar-refractivity contribution is 0.581. The Balaban J connectivity index is 2.36. The molecule has 0 fully saturated rings. The Kier molecular flexibility index (Phi) is 4.55. The van der Waals surface area contributed by atoms with Crippen LogP contribution in [0.5, 0.6) is 5.75 Å². The first-order valence-corrected chi connectivity index (χ1v) is 10.1. The second-order valence-electron chi connectivity index (χ2n) is 4.81. The molecular weight excluding hydrogens is 270 g/mol. The number of benzene rings is 1. The van der Waals surface area contributed by atoms with Gasteiger partial charge >= 0.3 is 0 Å². The summed E-state index contributed by atoms with van der Waals surface area (Å²) in [5.41, 5.74) is 3.17. The average Bonchev–Trinajstić information content (AvgIpc) is 2.85. The summed E-state index contributed by atoms with van der Waals surface area (Å²) >= 11 is 1.71. The zero-order valence-electron chi connectivity index (χ0n) is 11.8. The number of hydrogen-bond acceptors (Lipinski definition) is 3. The van der Waals surface area contributed by atoms with E-state index in [4.69, 9.17) is 9.42 Å². The highest BCUT2D eigenvalue weighted by molar-refractivity contribution is 7.12. The molecular formula is C15H19NOSSi. The predicted molar refractivity (Wildman–Crippen MR) is 86.9 cm³/mol. The van der Waals surface area contributed by atoms with E-state index in [1.165, 1.54) is 10.4 Å². The van der Waals surface area contributed by atoms with Crippen molar-refractivity contribution in [1.29, 1.82) is 0 Å². The molecule has 0 amide bonds. The Morgan fingerprint density at radius 1 is 1.26 bits per heavy atom. The summed E-state index contributed by atoms with van der Waals surface area (Å²) in [4.78, 5) is 5.92. The summed E-state index contributed by atoms with van der Waals surface area (Å²) in [7, 11) is -1.12. The van der Waals surface area contributed by atoms with E-state index < -0.39 is 9.04 Å².